The third-order valence-electron chi connectivity index (χ3n) is 3.42. The monoisotopic (exact) mass is 338 g/mol. The van der Waals surface area contributed by atoms with E-state index in [1.54, 1.807) is 30.3 Å². The number of pyridine rings is 1. The first-order valence-electron chi connectivity index (χ1n) is 7.45. The largest absolute Gasteiger partial charge is 0.449 e. The Morgan fingerprint density at radius 2 is 1.88 bits per heavy atom. The van der Waals surface area contributed by atoms with Crippen LogP contribution in [0.15, 0.2) is 53.6 Å². The van der Waals surface area contributed by atoms with Gasteiger partial charge < -0.3 is 9.72 Å². The second-order valence-corrected chi connectivity index (χ2v) is 5.20. The Labute approximate surface area is 141 Å². The highest BCUT2D eigenvalue weighted by atomic mass is 16.5. The molecule has 0 spiro atoms. The number of nitrogens with one attached hydrogen (secondary N) is 2. The van der Waals surface area contributed by atoms with Crippen LogP contribution in [-0.2, 0) is 9.53 Å². The first-order chi connectivity index (χ1) is 12.0. The first kappa shape index (κ1) is 16.3. The molecule has 1 amide bonds. The van der Waals surface area contributed by atoms with Gasteiger partial charge in [-0.15, -0.1) is 0 Å². The first-order valence-corrected chi connectivity index (χ1v) is 7.45. The molecule has 0 saturated carbocycles. The molecule has 1 aromatic carbocycles. The predicted octanol–water partition coefficient (Wildman–Crippen LogP) is 1.50. The summed E-state index contributed by atoms with van der Waals surface area (Å²) in [5.41, 5.74) is 0.173. The summed E-state index contributed by atoms with van der Waals surface area (Å²) < 4.78 is 5.17. The summed E-state index contributed by atoms with van der Waals surface area (Å²) in [4.78, 5) is 46.5. The van der Waals surface area contributed by atoms with E-state index in [4.69, 9.17) is 4.74 Å². The topological polar surface area (TPSA) is 114 Å². The number of nitrogens with zero attached hydrogens (tertiary/aromatic N) is 2. The van der Waals surface area contributed by atoms with Gasteiger partial charge in [0.15, 0.2) is 6.10 Å². The van der Waals surface area contributed by atoms with E-state index in [-0.39, 0.29) is 11.5 Å². The van der Waals surface area contributed by atoms with Crippen LogP contribution in [-0.4, -0.2) is 32.9 Å². The highest BCUT2D eigenvalue weighted by Gasteiger charge is 2.21. The predicted molar refractivity (Wildman–Crippen MR) is 90.1 cm³/mol. The van der Waals surface area contributed by atoms with Crippen molar-refractivity contribution in [2.75, 3.05) is 5.32 Å². The summed E-state index contributed by atoms with van der Waals surface area (Å²) in [6.45, 7) is 1.42. The zero-order chi connectivity index (χ0) is 17.8. The van der Waals surface area contributed by atoms with Crippen molar-refractivity contribution in [2.45, 2.75) is 13.0 Å². The minimum absolute atomic E-state index is 0.0926. The van der Waals surface area contributed by atoms with Crippen LogP contribution < -0.4 is 10.9 Å². The maximum Gasteiger partial charge on any atom is 0.339 e. The number of carbonyl (C=O) groups excluding carboxylic acids is 2. The number of rotatable bonds is 4. The molecule has 0 radical (unpaired) electrons. The molecule has 0 bridgehead atoms. The van der Waals surface area contributed by atoms with Crippen molar-refractivity contribution in [2.24, 2.45) is 0 Å². The van der Waals surface area contributed by atoms with Gasteiger partial charge in [-0.05, 0) is 19.1 Å². The summed E-state index contributed by atoms with van der Waals surface area (Å²) in [7, 11) is 0. The summed E-state index contributed by atoms with van der Waals surface area (Å²) in [5.74, 6) is -1.23. The number of esters is 1. The molecule has 0 fully saturated rings. The fourth-order valence-electron chi connectivity index (χ4n) is 2.23. The maximum atomic E-state index is 12.4. The second-order valence-electron chi connectivity index (χ2n) is 5.20. The average Bonchev–Trinajstić information content (AvgIpc) is 2.61. The number of ether oxygens (including phenoxy) is 1. The molecule has 0 aliphatic heterocycles. The summed E-state index contributed by atoms with van der Waals surface area (Å²) in [6, 6.07) is 9.59. The molecule has 3 rings (SSSR count). The minimum atomic E-state index is -1.09. The lowest BCUT2D eigenvalue weighted by Gasteiger charge is -2.13. The van der Waals surface area contributed by atoms with Crippen LogP contribution in [0.5, 0.6) is 0 Å². The van der Waals surface area contributed by atoms with Crippen LogP contribution in [0, 0.1) is 0 Å². The van der Waals surface area contributed by atoms with Crippen LogP contribution in [0.25, 0.3) is 10.9 Å². The smallest absolute Gasteiger partial charge is 0.339 e. The third kappa shape index (κ3) is 3.69. The Kier molecular flexibility index (Phi) is 4.51. The lowest BCUT2D eigenvalue weighted by atomic mass is 10.1. The number of hydrogen-bond acceptors (Lipinski definition) is 6. The molecule has 2 N–H and O–H groups in total. The lowest BCUT2D eigenvalue weighted by molar-refractivity contribution is -0.123. The Morgan fingerprint density at radius 3 is 2.64 bits per heavy atom. The quantitative estimate of drug-likeness (QED) is 0.697. The van der Waals surface area contributed by atoms with Crippen molar-refractivity contribution in [1.82, 2.24) is 15.0 Å². The molecule has 25 heavy (non-hydrogen) atoms. The number of amides is 1. The number of para-hydroxylation sites is 1. The van der Waals surface area contributed by atoms with Gasteiger partial charge in [0.1, 0.15) is 0 Å². The molecule has 126 valence electrons. The molecule has 3 aromatic rings. The van der Waals surface area contributed by atoms with Gasteiger partial charge in [-0.2, -0.15) is 0 Å². The minimum Gasteiger partial charge on any atom is -0.449 e. The van der Waals surface area contributed by atoms with Crippen molar-refractivity contribution in [3.05, 3.63) is 64.7 Å². The Balaban J connectivity index is 1.78. The van der Waals surface area contributed by atoms with Gasteiger partial charge in [-0.3, -0.25) is 14.9 Å². The standard InChI is InChI=1S/C17H14N4O4/c1-10(15(23)21-17-18-7-4-8-19-17)25-16(24)12-9-14(22)20-13-6-3-2-5-11(12)13/h2-10H,1H3,(H,20,22)(H,18,19,21,23)/t10-/m1/s1. The van der Waals surface area contributed by atoms with Crippen molar-refractivity contribution in [3.63, 3.8) is 0 Å². The van der Waals surface area contributed by atoms with Crippen LogP contribution in [0.3, 0.4) is 0 Å². The fourth-order valence-corrected chi connectivity index (χ4v) is 2.23. The van der Waals surface area contributed by atoms with E-state index in [2.05, 4.69) is 20.3 Å². The number of aromatic amines is 1. The highest BCUT2D eigenvalue weighted by molar-refractivity contribution is 6.04. The Bertz CT molecular complexity index is 985. The molecule has 0 saturated heterocycles. The third-order valence-corrected chi connectivity index (χ3v) is 3.42. The molecule has 2 aromatic heterocycles. The highest BCUT2D eigenvalue weighted by Crippen LogP contribution is 2.16. The summed E-state index contributed by atoms with van der Waals surface area (Å²) in [5, 5.41) is 2.97. The number of aromatic nitrogens is 3. The molecule has 1 atom stereocenters. The number of hydrogen-bond donors (Lipinski definition) is 2. The number of anilines is 1. The number of benzene rings is 1. The number of H-pyrrole nitrogens is 1. The van der Waals surface area contributed by atoms with E-state index >= 15 is 0 Å². The lowest BCUT2D eigenvalue weighted by Crippen LogP contribution is -2.31. The molecule has 0 aliphatic rings. The van der Waals surface area contributed by atoms with E-state index in [9.17, 15) is 14.4 Å². The van der Waals surface area contributed by atoms with Crippen molar-refractivity contribution in [3.8, 4) is 0 Å². The Morgan fingerprint density at radius 1 is 1.16 bits per heavy atom. The fraction of sp³-hybridized carbons (Fsp3) is 0.118. The zero-order valence-corrected chi connectivity index (χ0v) is 13.2. The van der Waals surface area contributed by atoms with Crippen LogP contribution in [0.2, 0.25) is 0 Å². The molecular formula is C17H14N4O4. The van der Waals surface area contributed by atoms with E-state index in [0.29, 0.717) is 10.9 Å². The van der Waals surface area contributed by atoms with Gasteiger partial charge in [-0.25, -0.2) is 14.8 Å². The zero-order valence-electron chi connectivity index (χ0n) is 13.2. The molecule has 0 aliphatic carbocycles. The van der Waals surface area contributed by atoms with Crippen LogP contribution >= 0.6 is 0 Å². The van der Waals surface area contributed by atoms with Gasteiger partial charge >= 0.3 is 5.97 Å². The van der Waals surface area contributed by atoms with Crippen molar-refractivity contribution in [1.29, 1.82) is 0 Å². The SMILES string of the molecule is C[C@@H](OC(=O)c1cc(=O)[nH]c2ccccc12)C(=O)Nc1ncccn1. The van der Waals surface area contributed by atoms with E-state index in [1.807, 2.05) is 0 Å². The van der Waals surface area contributed by atoms with Gasteiger partial charge in [0.2, 0.25) is 11.5 Å². The maximum absolute atomic E-state index is 12.4. The van der Waals surface area contributed by atoms with Gasteiger partial charge in [0.05, 0.1) is 5.56 Å². The second kappa shape index (κ2) is 6.91. The molecule has 2 heterocycles. The molecule has 8 nitrogen and oxygen atoms in total. The van der Waals surface area contributed by atoms with Crippen LogP contribution in [0.1, 0.15) is 17.3 Å². The van der Waals surface area contributed by atoms with Gasteiger partial charge in [-0.1, -0.05) is 18.2 Å². The Hall–Kier alpha value is -3.55. The van der Waals surface area contributed by atoms with Gasteiger partial charge in [0, 0.05) is 29.4 Å². The van der Waals surface area contributed by atoms with E-state index in [0.717, 1.165) is 6.07 Å². The van der Waals surface area contributed by atoms with Crippen molar-refractivity contribution >= 4 is 28.7 Å². The summed E-state index contributed by atoms with van der Waals surface area (Å²) >= 11 is 0. The van der Waals surface area contributed by atoms with E-state index < -0.39 is 23.5 Å². The number of fused-ring (bicyclic) bond motifs is 1. The molecular weight excluding hydrogens is 324 g/mol. The van der Waals surface area contributed by atoms with Gasteiger partial charge in [0.25, 0.3) is 5.91 Å². The summed E-state index contributed by atoms with van der Waals surface area (Å²) in [6.07, 6.45) is 1.86. The normalized spacial score (nSPS) is 11.7. The van der Waals surface area contributed by atoms with Crippen LogP contribution in [0.4, 0.5) is 5.95 Å². The van der Waals surface area contributed by atoms with E-state index in [1.165, 1.54) is 19.3 Å². The number of carbonyl (C=O) groups is 2. The molecule has 0 unspecified atom stereocenters. The van der Waals surface area contributed by atoms with Crippen molar-refractivity contribution < 1.29 is 14.3 Å². The average molecular weight is 338 g/mol. The molecule has 8 heteroatoms.